The van der Waals surface area contributed by atoms with Crippen LogP contribution in [0.1, 0.15) is 19.4 Å². The van der Waals surface area contributed by atoms with Crippen molar-refractivity contribution in [2.75, 3.05) is 26.3 Å². The van der Waals surface area contributed by atoms with Crippen LogP contribution in [0.25, 0.3) is 0 Å². The summed E-state index contributed by atoms with van der Waals surface area (Å²) < 4.78 is 5.21. The molecular weight excluding hydrogens is 202 g/mol. The molecule has 90 valence electrons. The van der Waals surface area contributed by atoms with E-state index in [-0.39, 0.29) is 0 Å². The zero-order valence-corrected chi connectivity index (χ0v) is 10.1. The van der Waals surface area contributed by atoms with Crippen molar-refractivity contribution in [1.82, 2.24) is 5.32 Å². The van der Waals surface area contributed by atoms with Crippen LogP contribution in [-0.2, 0) is 10.3 Å². The van der Waals surface area contributed by atoms with Gasteiger partial charge in [-0.15, -0.1) is 0 Å². The Balaban J connectivity index is 2.35. The highest BCUT2D eigenvalue weighted by molar-refractivity contribution is 5.21. The predicted molar refractivity (Wildman–Crippen MR) is 65.4 cm³/mol. The fourth-order valence-corrected chi connectivity index (χ4v) is 1.52. The van der Waals surface area contributed by atoms with Crippen molar-refractivity contribution in [2.24, 2.45) is 0 Å². The lowest BCUT2D eigenvalue weighted by atomic mass is 9.96. The average Bonchev–Trinajstić information content (AvgIpc) is 2.30. The fraction of sp³-hybridized carbons (Fsp3) is 0.538. The third-order valence-corrected chi connectivity index (χ3v) is 2.49. The molecule has 3 heteroatoms. The molecule has 1 aromatic rings. The standard InChI is InChI=1S/C13H21NO2/c1-3-16-10-9-14-11-13(2,15)12-7-5-4-6-8-12/h4-8,14-15H,3,9-11H2,1-2H3. The summed E-state index contributed by atoms with van der Waals surface area (Å²) in [5, 5.41) is 13.4. The Morgan fingerprint density at radius 3 is 2.62 bits per heavy atom. The van der Waals surface area contributed by atoms with E-state index in [9.17, 15) is 5.11 Å². The van der Waals surface area contributed by atoms with Gasteiger partial charge in [0.15, 0.2) is 0 Å². The van der Waals surface area contributed by atoms with Gasteiger partial charge < -0.3 is 15.2 Å². The van der Waals surface area contributed by atoms with E-state index < -0.39 is 5.60 Å². The molecule has 0 aromatic heterocycles. The first kappa shape index (κ1) is 13.2. The van der Waals surface area contributed by atoms with Crippen LogP contribution in [0.4, 0.5) is 0 Å². The van der Waals surface area contributed by atoms with E-state index in [4.69, 9.17) is 4.74 Å². The van der Waals surface area contributed by atoms with Gasteiger partial charge in [0.2, 0.25) is 0 Å². The summed E-state index contributed by atoms with van der Waals surface area (Å²) in [4.78, 5) is 0. The van der Waals surface area contributed by atoms with Crippen LogP contribution in [0, 0.1) is 0 Å². The Kier molecular flexibility index (Phi) is 5.46. The SMILES string of the molecule is CCOCCNCC(C)(O)c1ccccc1. The van der Waals surface area contributed by atoms with Gasteiger partial charge in [0.1, 0.15) is 0 Å². The van der Waals surface area contributed by atoms with E-state index in [0.29, 0.717) is 13.2 Å². The largest absolute Gasteiger partial charge is 0.384 e. The van der Waals surface area contributed by atoms with Crippen LogP contribution in [0.3, 0.4) is 0 Å². The summed E-state index contributed by atoms with van der Waals surface area (Å²) in [5.74, 6) is 0. The minimum absolute atomic E-state index is 0.532. The first-order valence-corrected chi connectivity index (χ1v) is 5.73. The van der Waals surface area contributed by atoms with E-state index in [1.807, 2.05) is 44.2 Å². The molecule has 0 amide bonds. The van der Waals surface area contributed by atoms with E-state index >= 15 is 0 Å². The van der Waals surface area contributed by atoms with Crippen molar-refractivity contribution in [3.8, 4) is 0 Å². The number of benzene rings is 1. The van der Waals surface area contributed by atoms with Gasteiger partial charge in [-0.3, -0.25) is 0 Å². The number of rotatable bonds is 7. The maximum Gasteiger partial charge on any atom is 0.0992 e. The molecule has 0 saturated carbocycles. The topological polar surface area (TPSA) is 41.5 Å². The third-order valence-electron chi connectivity index (χ3n) is 2.49. The maximum absolute atomic E-state index is 10.2. The first-order valence-electron chi connectivity index (χ1n) is 5.73. The van der Waals surface area contributed by atoms with Crippen molar-refractivity contribution in [3.63, 3.8) is 0 Å². The number of ether oxygens (including phenoxy) is 1. The molecule has 0 heterocycles. The van der Waals surface area contributed by atoms with Gasteiger partial charge in [0.05, 0.1) is 12.2 Å². The van der Waals surface area contributed by atoms with Crippen LogP contribution in [0.5, 0.6) is 0 Å². The Morgan fingerprint density at radius 1 is 1.31 bits per heavy atom. The van der Waals surface area contributed by atoms with E-state index in [2.05, 4.69) is 5.32 Å². The molecule has 1 unspecified atom stereocenters. The Bertz CT molecular complexity index is 285. The summed E-state index contributed by atoms with van der Waals surface area (Å²) in [6, 6.07) is 9.69. The molecule has 2 N–H and O–H groups in total. The van der Waals surface area contributed by atoms with Gasteiger partial charge >= 0.3 is 0 Å². The summed E-state index contributed by atoms with van der Waals surface area (Å²) in [5.41, 5.74) is 0.104. The normalized spacial score (nSPS) is 14.7. The third kappa shape index (κ3) is 4.31. The molecule has 0 saturated heterocycles. The van der Waals surface area contributed by atoms with Crippen molar-refractivity contribution in [3.05, 3.63) is 35.9 Å². The van der Waals surface area contributed by atoms with E-state index in [1.165, 1.54) is 0 Å². The molecule has 0 bridgehead atoms. The van der Waals surface area contributed by atoms with Gasteiger partial charge in [0, 0.05) is 19.7 Å². The van der Waals surface area contributed by atoms with Crippen LogP contribution in [0.15, 0.2) is 30.3 Å². The highest BCUT2D eigenvalue weighted by atomic mass is 16.5. The summed E-state index contributed by atoms with van der Waals surface area (Å²) in [7, 11) is 0. The van der Waals surface area contributed by atoms with Crippen molar-refractivity contribution in [1.29, 1.82) is 0 Å². The van der Waals surface area contributed by atoms with Gasteiger partial charge in [-0.25, -0.2) is 0 Å². The monoisotopic (exact) mass is 223 g/mol. The van der Waals surface area contributed by atoms with Crippen LogP contribution in [-0.4, -0.2) is 31.4 Å². The van der Waals surface area contributed by atoms with Crippen molar-refractivity contribution in [2.45, 2.75) is 19.4 Å². The van der Waals surface area contributed by atoms with Gasteiger partial charge in [-0.05, 0) is 19.4 Å². The molecule has 0 aliphatic heterocycles. The van der Waals surface area contributed by atoms with Crippen molar-refractivity contribution >= 4 is 0 Å². The summed E-state index contributed by atoms with van der Waals surface area (Å²) in [6.45, 7) is 6.50. The maximum atomic E-state index is 10.2. The fourth-order valence-electron chi connectivity index (χ4n) is 1.52. The first-order chi connectivity index (χ1) is 7.67. The summed E-state index contributed by atoms with van der Waals surface area (Å²) in [6.07, 6.45) is 0. The number of nitrogens with one attached hydrogen (secondary N) is 1. The lowest BCUT2D eigenvalue weighted by Gasteiger charge is -2.24. The minimum Gasteiger partial charge on any atom is -0.384 e. The predicted octanol–water partition coefficient (Wildman–Crippen LogP) is 1.52. The molecule has 1 atom stereocenters. The quantitative estimate of drug-likeness (QED) is 0.689. The molecule has 0 aliphatic carbocycles. The summed E-state index contributed by atoms with van der Waals surface area (Å²) >= 11 is 0. The molecule has 0 fully saturated rings. The van der Waals surface area contributed by atoms with E-state index in [1.54, 1.807) is 0 Å². The zero-order chi connectivity index (χ0) is 11.9. The molecular formula is C13H21NO2. The number of hydrogen-bond donors (Lipinski definition) is 2. The highest BCUT2D eigenvalue weighted by Crippen LogP contribution is 2.18. The average molecular weight is 223 g/mol. The minimum atomic E-state index is -0.826. The van der Waals surface area contributed by atoms with Gasteiger partial charge in [0.25, 0.3) is 0 Å². The highest BCUT2D eigenvalue weighted by Gasteiger charge is 2.21. The molecule has 0 spiro atoms. The molecule has 16 heavy (non-hydrogen) atoms. The van der Waals surface area contributed by atoms with Crippen LogP contribution in [0.2, 0.25) is 0 Å². The molecule has 0 radical (unpaired) electrons. The molecule has 1 rings (SSSR count). The second kappa shape index (κ2) is 6.63. The Morgan fingerprint density at radius 2 is 2.00 bits per heavy atom. The van der Waals surface area contributed by atoms with Gasteiger partial charge in [-0.1, -0.05) is 30.3 Å². The number of hydrogen-bond acceptors (Lipinski definition) is 3. The molecule has 3 nitrogen and oxygen atoms in total. The second-order valence-corrected chi connectivity index (χ2v) is 4.01. The second-order valence-electron chi connectivity index (χ2n) is 4.01. The number of aliphatic hydroxyl groups is 1. The molecule has 1 aromatic carbocycles. The zero-order valence-electron chi connectivity index (χ0n) is 10.1. The lowest BCUT2D eigenvalue weighted by Crippen LogP contribution is -2.36. The van der Waals surface area contributed by atoms with Crippen molar-refractivity contribution < 1.29 is 9.84 Å². The van der Waals surface area contributed by atoms with Crippen LogP contribution >= 0.6 is 0 Å². The smallest absolute Gasteiger partial charge is 0.0992 e. The lowest BCUT2D eigenvalue weighted by molar-refractivity contribution is 0.0538. The van der Waals surface area contributed by atoms with E-state index in [0.717, 1.165) is 18.7 Å². The van der Waals surface area contributed by atoms with Crippen LogP contribution < -0.4 is 5.32 Å². The molecule has 0 aliphatic rings. The Hall–Kier alpha value is -0.900. The Labute approximate surface area is 97.4 Å². The van der Waals surface area contributed by atoms with Gasteiger partial charge in [-0.2, -0.15) is 0 Å².